The second-order valence-corrected chi connectivity index (χ2v) is 5.76. The van der Waals surface area contributed by atoms with E-state index in [1.807, 2.05) is 0 Å². The summed E-state index contributed by atoms with van der Waals surface area (Å²) in [4.78, 5) is 25.2. The second-order valence-electron chi connectivity index (χ2n) is 4.64. The SMILES string of the molecule is C/C(=N/Nc1c(Cl)c(Cl)nc(C(=O)O)c1Cl)c1ccccc1[N+](=O)[O-]. The number of carboxylic acids is 1. The molecule has 0 aliphatic rings. The molecule has 1 heterocycles. The molecule has 1 aromatic carbocycles. The van der Waals surface area contributed by atoms with E-state index in [4.69, 9.17) is 39.9 Å². The maximum atomic E-state index is 11.1. The Labute approximate surface area is 156 Å². The van der Waals surface area contributed by atoms with Crippen LogP contribution < -0.4 is 5.43 Å². The van der Waals surface area contributed by atoms with Crippen LogP contribution in [0.15, 0.2) is 29.4 Å². The van der Waals surface area contributed by atoms with Crippen LogP contribution in [0.3, 0.4) is 0 Å². The van der Waals surface area contributed by atoms with Gasteiger partial charge in [-0.1, -0.05) is 46.9 Å². The van der Waals surface area contributed by atoms with Crippen molar-refractivity contribution in [2.24, 2.45) is 5.10 Å². The zero-order valence-corrected chi connectivity index (χ0v) is 14.7. The summed E-state index contributed by atoms with van der Waals surface area (Å²) in [7, 11) is 0. The van der Waals surface area contributed by atoms with Crippen LogP contribution in [0.25, 0.3) is 0 Å². The van der Waals surface area contributed by atoms with Crippen molar-refractivity contribution in [3.63, 3.8) is 0 Å². The molecule has 0 fully saturated rings. The number of pyridine rings is 1. The smallest absolute Gasteiger partial charge is 0.356 e. The topological polar surface area (TPSA) is 118 Å². The summed E-state index contributed by atoms with van der Waals surface area (Å²) in [6, 6.07) is 6.00. The van der Waals surface area contributed by atoms with Gasteiger partial charge in [0.15, 0.2) is 10.8 Å². The molecule has 8 nitrogen and oxygen atoms in total. The first-order chi connectivity index (χ1) is 11.7. The molecule has 0 aliphatic heterocycles. The number of rotatable bonds is 5. The van der Waals surface area contributed by atoms with E-state index in [1.165, 1.54) is 25.1 Å². The number of benzene rings is 1. The van der Waals surface area contributed by atoms with Crippen LogP contribution in [-0.4, -0.2) is 26.7 Å². The van der Waals surface area contributed by atoms with Crippen LogP contribution >= 0.6 is 34.8 Å². The number of nitrogens with one attached hydrogen (secondary N) is 1. The number of hydrogen-bond donors (Lipinski definition) is 2. The monoisotopic (exact) mass is 402 g/mol. The first kappa shape index (κ1) is 18.9. The normalized spacial score (nSPS) is 11.3. The lowest BCUT2D eigenvalue weighted by molar-refractivity contribution is -0.385. The molecule has 0 bridgehead atoms. The lowest BCUT2D eigenvalue weighted by atomic mass is 10.1. The van der Waals surface area contributed by atoms with Gasteiger partial charge in [0.2, 0.25) is 0 Å². The first-order valence-corrected chi connectivity index (χ1v) is 7.69. The minimum absolute atomic E-state index is 0.0707. The molecule has 25 heavy (non-hydrogen) atoms. The molecule has 11 heteroatoms. The molecule has 130 valence electrons. The molecular formula is C14H9Cl3N4O4. The quantitative estimate of drug-likeness (QED) is 0.329. The van der Waals surface area contributed by atoms with E-state index >= 15 is 0 Å². The number of carboxylic acid groups (broad SMARTS) is 1. The molecule has 0 atom stereocenters. The van der Waals surface area contributed by atoms with Gasteiger partial charge in [0.25, 0.3) is 5.69 Å². The predicted octanol–water partition coefficient (Wildman–Crippen LogP) is 4.48. The number of nitro benzene ring substituents is 1. The van der Waals surface area contributed by atoms with Gasteiger partial charge in [-0.2, -0.15) is 5.10 Å². The van der Waals surface area contributed by atoms with Crippen molar-refractivity contribution >= 4 is 57.9 Å². The zero-order valence-electron chi connectivity index (χ0n) is 12.5. The Morgan fingerprint density at radius 3 is 2.52 bits per heavy atom. The summed E-state index contributed by atoms with van der Waals surface area (Å²) in [5, 5.41) is 23.4. The maximum absolute atomic E-state index is 11.1. The molecule has 0 spiro atoms. The highest BCUT2D eigenvalue weighted by Crippen LogP contribution is 2.37. The van der Waals surface area contributed by atoms with Crippen molar-refractivity contribution in [3.8, 4) is 0 Å². The summed E-state index contributed by atoms with van der Waals surface area (Å²) < 4.78 is 0. The minimum Gasteiger partial charge on any atom is -0.476 e. The summed E-state index contributed by atoms with van der Waals surface area (Å²) in [5.74, 6) is -1.40. The van der Waals surface area contributed by atoms with Gasteiger partial charge in [-0.05, 0) is 13.0 Å². The largest absolute Gasteiger partial charge is 0.476 e. The second kappa shape index (κ2) is 7.64. The average Bonchev–Trinajstić information content (AvgIpc) is 2.57. The fraction of sp³-hybridized carbons (Fsp3) is 0.0714. The number of carbonyl (C=O) groups is 1. The number of aromatic carboxylic acids is 1. The van der Waals surface area contributed by atoms with Crippen LogP contribution in [0.1, 0.15) is 23.0 Å². The molecule has 0 saturated carbocycles. The van der Waals surface area contributed by atoms with E-state index in [-0.39, 0.29) is 37.8 Å². The van der Waals surface area contributed by atoms with Crippen molar-refractivity contribution < 1.29 is 14.8 Å². The maximum Gasteiger partial charge on any atom is 0.356 e. The summed E-state index contributed by atoms with van der Waals surface area (Å²) in [6.07, 6.45) is 0. The van der Waals surface area contributed by atoms with Gasteiger partial charge in [0.05, 0.1) is 21.9 Å². The molecular weight excluding hydrogens is 395 g/mol. The minimum atomic E-state index is -1.40. The van der Waals surface area contributed by atoms with Gasteiger partial charge < -0.3 is 5.11 Å². The number of nitro groups is 1. The van der Waals surface area contributed by atoms with Crippen LogP contribution in [0, 0.1) is 10.1 Å². The third kappa shape index (κ3) is 3.98. The van der Waals surface area contributed by atoms with E-state index < -0.39 is 16.6 Å². The third-order valence-electron chi connectivity index (χ3n) is 3.07. The van der Waals surface area contributed by atoms with Gasteiger partial charge in [0, 0.05) is 6.07 Å². The van der Waals surface area contributed by atoms with E-state index in [9.17, 15) is 14.9 Å². The van der Waals surface area contributed by atoms with Gasteiger partial charge in [-0.3, -0.25) is 15.5 Å². The molecule has 0 amide bonds. The van der Waals surface area contributed by atoms with Crippen molar-refractivity contribution in [3.05, 3.63) is 60.8 Å². The lowest BCUT2D eigenvalue weighted by Gasteiger charge is -2.10. The first-order valence-electron chi connectivity index (χ1n) is 6.56. The number of nitrogens with zero attached hydrogens (tertiary/aromatic N) is 3. The Kier molecular flexibility index (Phi) is 5.78. The summed E-state index contributed by atoms with van der Waals surface area (Å²) in [6.45, 7) is 1.53. The van der Waals surface area contributed by atoms with Gasteiger partial charge >= 0.3 is 5.97 Å². The number of anilines is 1. The van der Waals surface area contributed by atoms with E-state index in [2.05, 4.69) is 15.5 Å². The zero-order chi connectivity index (χ0) is 18.7. The van der Waals surface area contributed by atoms with Crippen molar-refractivity contribution in [2.75, 3.05) is 5.43 Å². The van der Waals surface area contributed by atoms with E-state index in [0.717, 1.165) is 0 Å². The highest BCUT2D eigenvalue weighted by atomic mass is 35.5. The third-order valence-corrected chi connectivity index (χ3v) is 4.17. The number of para-hydroxylation sites is 1. The van der Waals surface area contributed by atoms with Crippen LogP contribution in [0.2, 0.25) is 15.2 Å². The van der Waals surface area contributed by atoms with Crippen molar-refractivity contribution in [2.45, 2.75) is 6.92 Å². The Morgan fingerprint density at radius 2 is 1.92 bits per heavy atom. The van der Waals surface area contributed by atoms with Crippen molar-refractivity contribution in [1.82, 2.24) is 4.98 Å². The number of aromatic nitrogens is 1. The van der Waals surface area contributed by atoms with Crippen LogP contribution in [0.4, 0.5) is 11.4 Å². The van der Waals surface area contributed by atoms with Gasteiger partial charge in [-0.15, -0.1) is 0 Å². The number of halogens is 3. The number of hydrogen-bond acceptors (Lipinski definition) is 6. The van der Waals surface area contributed by atoms with Crippen LogP contribution in [-0.2, 0) is 0 Å². The van der Waals surface area contributed by atoms with Gasteiger partial charge in [-0.25, -0.2) is 9.78 Å². The fourth-order valence-corrected chi connectivity index (χ4v) is 2.56. The summed E-state index contributed by atoms with van der Waals surface area (Å²) >= 11 is 17.7. The Bertz CT molecular complexity index is 902. The molecule has 1 aromatic heterocycles. The molecule has 0 saturated heterocycles. The molecule has 0 radical (unpaired) electrons. The molecule has 2 aromatic rings. The van der Waals surface area contributed by atoms with E-state index in [0.29, 0.717) is 0 Å². The molecule has 0 unspecified atom stereocenters. The fourth-order valence-electron chi connectivity index (χ4n) is 1.89. The summed E-state index contributed by atoms with van der Waals surface area (Å²) in [5.41, 5.74) is 2.31. The average molecular weight is 404 g/mol. The number of hydrazone groups is 1. The highest BCUT2D eigenvalue weighted by molar-refractivity contribution is 6.46. The molecule has 2 N–H and O–H groups in total. The highest BCUT2D eigenvalue weighted by Gasteiger charge is 2.21. The molecule has 0 aliphatic carbocycles. The van der Waals surface area contributed by atoms with Crippen molar-refractivity contribution in [1.29, 1.82) is 0 Å². The Hall–Kier alpha value is -2.42. The predicted molar refractivity (Wildman–Crippen MR) is 95.2 cm³/mol. The van der Waals surface area contributed by atoms with Gasteiger partial charge in [0.1, 0.15) is 10.0 Å². The van der Waals surface area contributed by atoms with Crippen LogP contribution in [0.5, 0.6) is 0 Å². The Balaban J connectivity index is 2.46. The lowest BCUT2D eigenvalue weighted by Crippen LogP contribution is -2.07. The standard InChI is InChI=1S/C14H9Cl3N4O4/c1-6(7-4-2-3-5-8(7)21(24)25)19-20-11-9(15)12(14(22)23)18-13(17)10(11)16/h2-5H,1H3,(H,18,20)(H,22,23)/b19-6-. The van der Waals surface area contributed by atoms with E-state index in [1.54, 1.807) is 6.07 Å². The Morgan fingerprint density at radius 1 is 1.28 bits per heavy atom. The molecule has 2 rings (SSSR count).